The normalized spacial score (nSPS) is 20.8. The number of halogens is 3. The molecule has 1 saturated heterocycles. The van der Waals surface area contributed by atoms with Crippen molar-refractivity contribution < 1.29 is 13.2 Å². The standard InChI is InChI=1S/C10H17F3N2S/c11-10(12,13)9-15-6-4-14(5-7-15)3-1-2-8-16/h1-2,16H,3-9H2. The van der Waals surface area contributed by atoms with E-state index < -0.39 is 12.7 Å². The molecule has 94 valence electrons. The molecule has 0 aromatic rings. The van der Waals surface area contributed by atoms with Crippen LogP contribution in [0.3, 0.4) is 0 Å². The molecule has 1 fully saturated rings. The molecule has 0 aromatic carbocycles. The van der Waals surface area contributed by atoms with Gasteiger partial charge in [-0.05, 0) is 0 Å². The number of nitrogens with zero attached hydrogens (tertiary/aromatic N) is 2. The average molecular weight is 254 g/mol. The Balaban J connectivity index is 2.21. The lowest BCUT2D eigenvalue weighted by molar-refractivity contribution is -0.149. The van der Waals surface area contributed by atoms with E-state index in [-0.39, 0.29) is 0 Å². The molecule has 0 aliphatic carbocycles. The summed E-state index contributed by atoms with van der Waals surface area (Å²) in [5, 5.41) is 0. The third kappa shape index (κ3) is 5.77. The van der Waals surface area contributed by atoms with E-state index >= 15 is 0 Å². The predicted octanol–water partition coefficient (Wildman–Crippen LogP) is 1.65. The zero-order valence-electron chi connectivity index (χ0n) is 9.08. The zero-order valence-corrected chi connectivity index (χ0v) is 9.97. The Labute approximate surface area is 99.5 Å². The summed E-state index contributed by atoms with van der Waals surface area (Å²) in [6.45, 7) is 2.41. The maximum absolute atomic E-state index is 12.1. The third-order valence-corrected chi connectivity index (χ3v) is 2.71. The summed E-state index contributed by atoms with van der Waals surface area (Å²) >= 11 is 4.04. The zero-order chi connectivity index (χ0) is 12.0. The highest BCUT2D eigenvalue weighted by molar-refractivity contribution is 7.80. The molecular formula is C10H17F3N2S. The van der Waals surface area contributed by atoms with Gasteiger partial charge in [0.2, 0.25) is 0 Å². The fraction of sp³-hybridized carbons (Fsp3) is 0.800. The van der Waals surface area contributed by atoms with Gasteiger partial charge in [-0.3, -0.25) is 9.80 Å². The van der Waals surface area contributed by atoms with E-state index in [0.717, 1.165) is 6.54 Å². The van der Waals surface area contributed by atoms with Crippen LogP contribution in [0.2, 0.25) is 0 Å². The number of rotatable bonds is 4. The number of thiol groups is 1. The molecule has 2 nitrogen and oxygen atoms in total. The van der Waals surface area contributed by atoms with Crippen LogP contribution in [-0.2, 0) is 0 Å². The van der Waals surface area contributed by atoms with Crippen molar-refractivity contribution in [3.8, 4) is 0 Å². The van der Waals surface area contributed by atoms with Crippen LogP contribution in [0.15, 0.2) is 12.2 Å². The predicted molar refractivity (Wildman–Crippen MR) is 61.9 cm³/mol. The Morgan fingerprint density at radius 2 is 1.56 bits per heavy atom. The fourth-order valence-electron chi connectivity index (χ4n) is 1.68. The van der Waals surface area contributed by atoms with Crippen molar-refractivity contribution in [1.82, 2.24) is 9.80 Å². The first-order chi connectivity index (χ1) is 7.51. The molecule has 0 radical (unpaired) electrons. The first kappa shape index (κ1) is 13.9. The van der Waals surface area contributed by atoms with E-state index in [1.54, 1.807) is 0 Å². The van der Waals surface area contributed by atoms with Crippen LogP contribution in [0.25, 0.3) is 0 Å². The second-order valence-electron chi connectivity index (χ2n) is 3.85. The molecular weight excluding hydrogens is 237 g/mol. The lowest BCUT2D eigenvalue weighted by Gasteiger charge is -2.34. The summed E-state index contributed by atoms with van der Waals surface area (Å²) in [6, 6.07) is 0. The summed E-state index contributed by atoms with van der Waals surface area (Å²) in [5.74, 6) is 0.702. The Hall–Kier alpha value is -0.200. The maximum Gasteiger partial charge on any atom is 0.401 e. The quantitative estimate of drug-likeness (QED) is 0.602. The van der Waals surface area contributed by atoms with Gasteiger partial charge in [-0.1, -0.05) is 12.2 Å². The van der Waals surface area contributed by atoms with Crippen molar-refractivity contribution in [2.45, 2.75) is 6.18 Å². The summed E-state index contributed by atoms with van der Waals surface area (Å²) in [4.78, 5) is 3.60. The lowest BCUT2D eigenvalue weighted by Crippen LogP contribution is -2.49. The Morgan fingerprint density at radius 1 is 1.00 bits per heavy atom. The monoisotopic (exact) mass is 254 g/mol. The first-order valence-corrected chi connectivity index (χ1v) is 5.92. The van der Waals surface area contributed by atoms with E-state index in [4.69, 9.17) is 0 Å². The molecule has 0 spiro atoms. The first-order valence-electron chi connectivity index (χ1n) is 5.28. The van der Waals surface area contributed by atoms with Gasteiger partial charge in [-0.25, -0.2) is 0 Å². The molecule has 0 atom stereocenters. The van der Waals surface area contributed by atoms with Crippen molar-refractivity contribution in [2.75, 3.05) is 45.0 Å². The number of piperazine rings is 1. The highest BCUT2D eigenvalue weighted by atomic mass is 32.1. The van der Waals surface area contributed by atoms with Crippen LogP contribution >= 0.6 is 12.6 Å². The summed E-state index contributed by atoms with van der Waals surface area (Å²) < 4.78 is 36.3. The minimum atomic E-state index is -4.08. The number of hydrogen-bond donors (Lipinski definition) is 1. The van der Waals surface area contributed by atoms with Crippen LogP contribution in [0, 0.1) is 0 Å². The molecule has 0 aromatic heterocycles. The maximum atomic E-state index is 12.1. The van der Waals surface area contributed by atoms with Crippen molar-refractivity contribution in [3.63, 3.8) is 0 Å². The number of alkyl halides is 3. The van der Waals surface area contributed by atoms with Crippen molar-refractivity contribution in [3.05, 3.63) is 12.2 Å². The Bertz CT molecular complexity index is 223. The van der Waals surface area contributed by atoms with Gasteiger partial charge < -0.3 is 0 Å². The molecule has 1 rings (SSSR count). The van der Waals surface area contributed by atoms with Crippen LogP contribution in [-0.4, -0.2) is 61.0 Å². The van der Waals surface area contributed by atoms with E-state index in [2.05, 4.69) is 17.5 Å². The van der Waals surface area contributed by atoms with Crippen LogP contribution in [0.1, 0.15) is 0 Å². The number of hydrogen-bond acceptors (Lipinski definition) is 3. The smallest absolute Gasteiger partial charge is 0.297 e. The van der Waals surface area contributed by atoms with Gasteiger partial charge in [0, 0.05) is 38.5 Å². The van der Waals surface area contributed by atoms with Crippen molar-refractivity contribution >= 4 is 12.6 Å². The third-order valence-electron chi connectivity index (χ3n) is 2.50. The molecule has 1 heterocycles. The molecule has 6 heteroatoms. The van der Waals surface area contributed by atoms with Gasteiger partial charge in [0.05, 0.1) is 6.54 Å². The molecule has 0 unspecified atom stereocenters. The highest BCUT2D eigenvalue weighted by Gasteiger charge is 2.31. The molecule has 0 N–H and O–H groups in total. The molecule has 0 saturated carbocycles. The summed E-state index contributed by atoms with van der Waals surface area (Å²) in [6.07, 6.45) is -0.119. The molecule has 1 aliphatic rings. The minimum absolute atomic E-state index is 0.494. The van der Waals surface area contributed by atoms with Gasteiger partial charge in [0.15, 0.2) is 0 Å². The SMILES string of the molecule is FC(F)(F)CN1CCN(CC=CCS)CC1. The minimum Gasteiger partial charge on any atom is -0.297 e. The lowest BCUT2D eigenvalue weighted by atomic mass is 10.3. The van der Waals surface area contributed by atoms with Crippen molar-refractivity contribution in [2.24, 2.45) is 0 Å². The molecule has 0 bridgehead atoms. The van der Waals surface area contributed by atoms with Crippen molar-refractivity contribution in [1.29, 1.82) is 0 Å². The van der Waals surface area contributed by atoms with Gasteiger partial charge in [-0.15, -0.1) is 0 Å². The molecule has 16 heavy (non-hydrogen) atoms. The van der Waals surface area contributed by atoms with E-state index in [1.807, 2.05) is 12.2 Å². The van der Waals surface area contributed by atoms with E-state index in [9.17, 15) is 13.2 Å². The van der Waals surface area contributed by atoms with E-state index in [1.165, 1.54) is 4.90 Å². The molecule has 1 aliphatic heterocycles. The largest absolute Gasteiger partial charge is 0.401 e. The van der Waals surface area contributed by atoms with Crippen LogP contribution in [0.5, 0.6) is 0 Å². The second kappa shape index (κ2) is 6.51. The van der Waals surface area contributed by atoms with Gasteiger partial charge >= 0.3 is 6.18 Å². The van der Waals surface area contributed by atoms with Gasteiger partial charge in [0.25, 0.3) is 0 Å². The Kier molecular flexibility index (Phi) is 5.64. The van der Waals surface area contributed by atoms with Crippen LogP contribution in [0.4, 0.5) is 13.2 Å². The highest BCUT2D eigenvalue weighted by Crippen LogP contribution is 2.17. The molecule has 0 amide bonds. The summed E-state index contributed by atoms with van der Waals surface area (Å²) in [5.41, 5.74) is 0. The van der Waals surface area contributed by atoms with Crippen LogP contribution < -0.4 is 0 Å². The van der Waals surface area contributed by atoms with Gasteiger partial charge in [-0.2, -0.15) is 25.8 Å². The fourth-order valence-corrected chi connectivity index (χ4v) is 1.83. The topological polar surface area (TPSA) is 6.48 Å². The Morgan fingerprint density at radius 3 is 2.06 bits per heavy atom. The average Bonchev–Trinajstić information content (AvgIpc) is 2.19. The van der Waals surface area contributed by atoms with Gasteiger partial charge in [0.1, 0.15) is 0 Å². The second-order valence-corrected chi connectivity index (χ2v) is 4.21. The van der Waals surface area contributed by atoms with E-state index in [0.29, 0.717) is 31.9 Å². The summed E-state index contributed by atoms with van der Waals surface area (Å²) in [7, 11) is 0.